The van der Waals surface area contributed by atoms with Crippen molar-refractivity contribution in [2.45, 2.75) is 25.3 Å². The summed E-state index contributed by atoms with van der Waals surface area (Å²) in [5, 5.41) is 11.1. The van der Waals surface area contributed by atoms with E-state index in [1.54, 1.807) is 11.9 Å². The number of amides is 1. The van der Waals surface area contributed by atoms with Crippen LogP contribution in [0.15, 0.2) is 71.6 Å². The number of carbonyl (C=O) groups is 1. The van der Waals surface area contributed by atoms with E-state index in [0.29, 0.717) is 17.7 Å². The van der Waals surface area contributed by atoms with Gasteiger partial charge < -0.3 is 4.90 Å². The lowest BCUT2D eigenvalue weighted by atomic mass is 10.1. The zero-order chi connectivity index (χ0) is 23.5. The minimum absolute atomic E-state index is 0.197. The number of nitrogens with one attached hydrogen (secondary N) is 1. The van der Waals surface area contributed by atoms with Crippen molar-refractivity contribution in [1.29, 1.82) is 0 Å². The fraction of sp³-hybridized carbons (Fsp3) is 0.174. The molecule has 0 aliphatic heterocycles. The Kier molecular flexibility index (Phi) is 6.59. The van der Waals surface area contributed by atoms with Crippen LogP contribution in [0, 0.1) is 24.0 Å². The molecule has 0 unspecified atom stereocenters. The van der Waals surface area contributed by atoms with Gasteiger partial charge in [-0.15, -0.1) is 0 Å². The lowest BCUT2D eigenvalue weighted by molar-refractivity contribution is -0.385. The number of hydrogen-bond acceptors (Lipinski definition) is 5. The van der Waals surface area contributed by atoms with Crippen LogP contribution in [0.25, 0.3) is 0 Å². The first-order chi connectivity index (χ1) is 15.1. The van der Waals surface area contributed by atoms with Gasteiger partial charge >= 0.3 is 0 Å². The lowest BCUT2D eigenvalue weighted by Gasteiger charge is -2.19. The topological polar surface area (TPSA) is 110 Å². The third kappa shape index (κ3) is 5.12. The predicted octanol–water partition coefficient (Wildman–Crippen LogP) is 4.28. The molecule has 0 bridgehead atoms. The third-order valence-electron chi connectivity index (χ3n) is 5.09. The van der Waals surface area contributed by atoms with Crippen molar-refractivity contribution in [3.05, 3.63) is 99.1 Å². The van der Waals surface area contributed by atoms with E-state index in [0.717, 1.165) is 17.2 Å². The van der Waals surface area contributed by atoms with E-state index >= 15 is 0 Å². The molecule has 1 amide bonds. The molecule has 1 N–H and O–H groups in total. The van der Waals surface area contributed by atoms with Gasteiger partial charge in [-0.1, -0.05) is 30.3 Å². The quantitative estimate of drug-likeness (QED) is 0.424. The summed E-state index contributed by atoms with van der Waals surface area (Å²) in [7, 11) is -2.33. The van der Waals surface area contributed by atoms with Gasteiger partial charge in [-0.3, -0.25) is 19.6 Å². The summed E-state index contributed by atoms with van der Waals surface area (Å²) in [5.41, 5.74) is 2.88. The second-order valence-electron chi connectivity index (χ2n) is 7.48. The maximum Gasteiger partial charge on any atom is 0.273 e. The van der Waals surface area contributed by atoms with E-state index in [1.165, 1.54) is 43.3 Å². The molecule has 0 aliphatic rings. The molecule has 8 nitrogen and oxygen atoms in total. The zero-order valence-corrected chi connectivity index (χ0v) is 18.7. The summed E-state index contributed by atoms with van der Waals surface area (Å²) in [6.07, 6.45) is 0. The Labute approximate surface area is 186 Å². The average Bonchev–Trinajstić information content (AvgIpc) is 2.75. The van der Waals surface area contributed by atoms with Gasteiger partial charge in [0.05, 0.1) is 9.82 Å². The molecular formula is C23H23N3O5S. The van der Waals surface area contributed by atoms with Crippen molar-refractivity contribution in [2.24, 2.45) is 0 Å². The van der Waals surface area contributed by atoms with E-state index < -0.39 is 14.9 Å². The first-order valence-corrected chi connectivity index (χ1v) is 11.2. The zero-order valence-electron chi connectivity index (χ0n) is 17.9. The summed E-state index contributed by atoms with van der Waals surface area (Å²) >= 11 is 0. The number of nitro groups is 1. The second-order valence-corrected chi connectivity index (χ2v) is 9.16. The van der Waals surface area contributed by atoms with E-state index in [4.69, 9.17) is 0 Å². The Morgan fingerprint density at radius 2 is 1.66 bits per heavy atom. The maximum atomic E-state index is 12.7. The largest absolute Gasteiger partial charge is 0.337 e. The van der Waals surface area contributed by atoms with Gasteiger partial charge in [0, 0.05) is 36.5 Å². The minimum atomic E-state index is -4.03. The Morgan fingerprint density at radius 1 is 1.00 bits per heavy atom. The van der Waals surface area contributed by atoms with E-state index in [1.807, 2.05) is 31.2 Å². The molecule has 0 spiro atoms. The molecule has 0 fully saturated rings. The Balaban J connectivity index is 1.74. The number of nitro benzene ring substituents is 1. The van der Waals surface area contributed by atoms with Crippen LogP contribution in [0.1, 0.15) is 27.0 Å². The summed E-state index contributed by atoms with van der Waals surface area (Å²) in [4.78, 5) is 24.6. The molecule has 0 saturated carbocycles. The fourth-order valence-electron chi connectivity index (χ4n) is 3.18. The number of nitrogens with zero attached hydrogens (tertiary/aromatic N) is 2. The number of carbonyl (C=O) groups excluding carboxylic acids is 1. The predicted molar refractivity (Wildman–Crippen MR) is 122 cm³/mol. The van der Waals surface area contributed by atoms with Crippen molar-refractivity contribution in [3.63, 3.8) is 0 Å². The number of benzene rings is 3. The molecular weight excluding hydrogens is 430 g/mol. The molecule has 32 heavy (non-hydrogen) atoms. The number of sulfonamides is 1. The number of rotatable bonds is 7. The first-order valence-electron chi connectivity index (χ1n) is 9.76. The maximum absolute atomic E-state index is 12.7. The highest BCUT2D eigenvalue weighted by Gasteiger charge is 2.20. The van der Waals surface area contributed by atoms with Gasteiger partial charge in [-0.2, -0.15) is 0 Å². The minimum Gasteiger partial charge on any atom is -0.337 e. The van der Waals surface area contributed by atoms with Gasteiger partial charge in [-0.25, -0.2) is 8.42 Å². The second kappa shape index (κ2) is 9.19. The van der Waals surface area contributed by atoms with E-state index in [2.05, 4.69) is 4.72 Å². The molecule has 3 aromatic carbocycles. The van der Waals surface area contributed by atoms with Crippen LogP contribution in [-0.4, -0.2) is 31.2 Å². The molecule has 0 radical (unpaired) electrons. The number of anilines is 1. The van der Waals surface area contributed by atoms with Crippen molar-refractivity contribution in [3.8, 4) is 0 Å². The molecule has 9 heteroatoms. The van der Waals surface area contributed by atoms with Crippen LogP contribution >= 0.6 is 0 Å². The Morgan fingerprint density at radius 3 is 2.28 bits per heavy atom. The van der Waals surface area contributed by atoms with Gasteiger partial charge in [0.15, 0.2) is 0 Å². The molecule has 3 aromatic rings. The number of hydrogen-bond donors (Lipinski definition) is 1. The number of aryl methyl sites for hydroxylation is 2. The lowest BCUT2D eigenvalue weighted by Crippen LogP contribution is -2.26. The fourth-order valence-corrected chi connectivity index (χ4v) is 4.26. The van der Waals surface area contributed by atoms with Crippen molar-refractivity contribution in [2.75, 3.05) is 11.8 Å². The highest BCUT2D eigenvalue weighted by molar-refractivity contribution is 7.92. The molecule has 3 rings (SSSR count). The SMILES string of the molecule is Cc1ccccc1CN(C)C(=O)c1ccc(NS(=O)(=O)c2ccc(C)c([N+](=O)[O-])c2)cc1. The van der Waals surface area contributed by atoms with Crippen LogP contribution in [-0.2, 0) is 16.6 Å². The van der Waals surface area contributed by atoms with Crippen molar-refractivity contribution < 1.29 is 18.1 Å². The molecule has 0 heterocycles. The standard InChI is InChI=1S/C23H23N3O5S/c1-16-6-4-5-7-19(16)15-25(3)23(27)18-9-11-20(12-10-18)24-32(30,31)21-13-8-17(2)22(14-21)26(28)29/h4-14,24H,15H2,1-3H3. The van der Waals surface area contributed by atoms with Crippen LogP contribution in [0.3, 0.4) is 0 Å². The van der Waals surface area contributed by atoms with Crippen LogP contribution in [0.2, 0.25) is 0 Å². The summed E-state index contributed by atoms with van der Waals surface area (Å²) in [6, 6.07) is 17.6. The third-order valence-corrected chi connectivity index (χ3v) is 6.47. The normalized spacial score (nSPS) is 11.1. The monoisotopic (exact) mass is 453 g/mol. The van der Waals surface area contributed by atoms with E-state index in [-0.39, 0.29) is 22.2 Å². The van der Waals surface area contributed by atoms with Crippen LogP contribution in [0.5, 0.6) is 0 Å². The molecule has 0 aromatic heterocycles. The van der Waals surface area contributed by atoms with Crippen molar-refractivity contribution >= 4 is 27.3 Å². The molecule has 166 valence electrons. The smallest absolute Gasteiger partial charge is 0.273 e. The van der Waals surface area contributed by atoms with Crippen molar-refractivity contribution in [1.82, 2.24) is 4.90 Å². The van der Waals surface area contributed by atoms with Crippen LogP contribution < -0.4 is 4.72 Å². The van der Waals surface area contributed by atoms with Crippen LogP contribution in [0.4, 0.5) is 11.4 Å². The van der Waals surface area contributed by atoms with E-state index in [9.17, 15) is 23.3 Å². The summed E-state index contributed by atoms with van der Waals surface area (Å²) in [5.74, 6) is -0.197. The average molecular weight is 454 g/mol. The Bertz CT molecular complexity index is 1270. The van der Waals surface area contributed by atoms with Gasteiger partial charge in [-0.05, 0) is 55.3 Å². The molecule has 0 aliphatic carbocycles. The van der Waals surface area contributed by atoms with Gasteiger partial charge in [0.1, 0.15) is 0 Å². The van der Waals surface area contributed by atoms with Gasteiger partial charge in [0.2, 0.25) is 0 Å². The summed E-state index contributed by atoms with van der Waals surface area (Å²) in [6.45, 7) is 3.97. The highest BCUT2D eigenvalue weighted by atomic mass is 32.2. The molecule has 0 saturated heterocycles. The molecule has 0 atom stereocenters. The van der Waals surface area contributed by atoms with Gasteiger partial charge in [0.25, 0.3) is 21.6 Å². The first kappa shape index (κ1) is 23.0. The Hall–Kier alpha value is -3.72. The summed E-state index contributed by atoms with van der Waals surface area (Å²) < 4.78 is 27.7. The highest BCUT2D eigenvalue weighted by Crippen LogP contribution is 2.24.